The Morgan fingerprint density at radius 1 is 1.47 bits per heavy atom. The van der Waals surface area contributed by atoms with E-state index in [1.165, 1.54) is 24.1 Å². The van der Waals surface area contributed by atoms with E-state index < -0.39 is 0 Å². The van der Waals surface area contributed by atoms with Gasteiger partial charge in [-0.05, 0) is 37.5 Å². The zero-order valence-electron chi connectivity index (χ0n) is 11.9. The SMILES string of the molecule is COCC(C)N(C)c1cc(Br)ccc1CNC1CC1. The average Bonchev–Trinajstić information content (AvgIpc) is 3.20. The van der Waals surface area contributed by atoms with Crippen molar-refractivity contribution < 1.29 is 4.74 Å². The molecule has 0 amide bonds. The summed E-state index contributed by atoms with van der Waals surface area (Å²) in [6.45, 7) is 3.86. The highest BCUT2D eigenvalue weighted by Gasteiger charge is 2.21. The highest BCUT2D eigenvalue weighted by molar-refractivity contribution is 9.10. The predicted octanol–water partition coefficient (Wildman–Crippen LogP) is 3.17. The number of likely N-dealkylation sites (N-methyl/N-ethyl adjacent to an activating group) is 1. The first-order valence-corrected chi connectivity index (χ1v) is 7.64. The molecule has 1 aromatic carbocycles. The van der Waals surface area contributed by atoms with Crippen LogP contribution in [0.25, 0.3) is 0 Å². The largest absolute Gasteiger partial charge is 0.383 e. The average molecular weight is 327 g/mol. The van der Waals surface area contributed by atoms with Crippen molar-refractivity contribution in [1.29, 1.82) is 0 Å². The summed E-state index contributed by atoms with van der Waals surface area (Å²) in [6, 6.07) is 7.60. The molecule has 1 atom stereocenters. The molecule has 0 aliphatic heterocycles. The lowest BCUT2D eigenvalue weighted by Crippen LogP contribution is -2.33. The number of hydrogen-bond donors (Lipinski definition) is 1. The van der Waals surface area contributed by atoms with Crippen LogP contribution in [0, 0.1) is 0 Å². The van der Waals surface area contributed by atoms with Crippen LogP contribution in [-0.2, 0) is 11.3 Å². The van der Waals surface area contributed by atoms with Crippen molar-refractivity contribution >= 4 is 21.6 Å². The van der Waals surface area contributed by atoms with Gasteiger partial charge in [0.2, 0.25) is 0 Å². The molecule has 0 saturated heterocycles. The first-order chi connectivity index (χ1) is 9.11. The minimum atomic E-state index is 0.360. The molecule has 2 rings (SSSR count). The summed E-state index contributed by atoms with van der Waals surface area (Å²) in [5, 5.41) is 3.59. The zero-order valence-corrected chi connectivity index (χ0v) is 13.5. The van der Waals surface area contributed by atoms with Gasteiger partial charge in [-0.25, -0.2) is 0 Å². The van der Waals surface area contributed by atoms with Crippen molar-refractivity contribution in [1.82, 2.24) is 5.32 Å². The summed E-state index contributed by atoms with van der Waals surface area (Å²) in [5.41, 5.74) is 2.62. The Labute approximate surface area is 124 Å². The maximum Gasteiger partial charge on any atom is 0.0663 e. The van der Waals surface area contributed by atoms with Gasteiger partial charge in [0.15, 0.2) is 0 Å². The van der Waals surface area contributed by atoms with E-state index in [4.69, 9.17) is 4.74 Å². The minimum Gasteiger partial charge on any atom is -0.383 e. The van der Waals surface area contributed by atoms with Gasteiger partial charge in [0.05, 0.1) is 6.61 Å². The molecule has 19 heavy (non-hydrogen) atoms. The van der Waals surface area contributed by atoms with E-state index in [2.05, 4.69) is 58.3 Å². The highest BCUT2D eigenvalue weighted by atomic mass is 79.9. The second-order valence-corrected chi connectivity index (χ2v) is 6.26. The summed E-state index contributed by atoms with van der Waals surface area (Å²) in [6.07, 6.45) is 2.64. The van der Waals surface area contributed by atoms with E-state index in [0.717, 1.165) is 23.7 Å². The Hall–Kier alpha value is -0.580. The van der Waals surface area contributed by atoms with Crippen LogP contribution in [0.15, 0.2) is 22.7 Å². The minimum absolute atomic E-state index is 0.360. The lowest BCUT2D eigenvalue weighted by Gasteiger charge is -2.29. The monoisotopic (exact) mass is 326 g/mol. The summed E-state index contributed by atoms with van der Waals surface area (Å²) in [4.78, 5) is 2.29. The summed E-state index contributed by atoms with van der Waals surface area (Å²) in [5.74, 6) is 0. The molecule has 106 valence electrons. The van der Waals surface area contributed by atoms with Gasteiger partial charge in [0, 0.05) is 42.9 Å². The molecule has 1 aliphatic carbocycles. The number of nitrogens with zero attached hydrogens (tertiary/aromatic N) is 1. The lowest BCUT2D eigenvalue weighted by atomic mass is 10.1. The second kappa shape index (κ2) is 6.73. The molecule has 0 heterocycles. The second-order valence-electron chi connectivity index (χ2n) is 5.34. The third kappa shape index (κ3) is 4.20. The normalized spacial score (nSPS) is 16.4. The van der Waals surface area contributed by atoms with Crippen LogP contribution in [0.3, 0.4) is 0 Å². The van der Waals surface area contributed by atoms with Crippen LogP contribution in [0.5, 0.6) is 0 Å². The third-order valence-corrected chi connectivity index (χ3v) is 4.15. The molecule has 1 unspecified atom stereocenters. The number of hydrogen-bond acceptors (Lipinski definition) is 3. The molecule has 0 bridgehead atoms. The van der Waals surface area contributed by atoms with Gasteiger partial charge < -0.3 is 15.0 Å². The molecule has 0 aromatic heterocycles. The van der Waals surface area contributed by atoms with Crippen LogP contribution in [0.2, 0.25) is 0 Å². The van der Waals surface area contributed by atoms with Crippen molar-refractivity contribution in [3.05, 3.63) is 28.2 Å². The molecule has 1 aromatic rings. The van der Waals surface area contributed by atoms with E-state index in [0.29, 0.717) is 6.04 Å². The molecule has 0 spiro atoms. The zero-order chi connectivity index (χ0) is 13.8. The van der Waals surface area contributed by atoms with Crippen LogP contribution in [0.4, 0.5) is 5.69 Å². The molecule has 1 aliphatic rings. The number of rotatable bonds is 7. The number of ether oxygens (including phenoxy) is 1. The van der Waals surface area contributed by atoms with Crippen molar-refractivity contribution in [2.45, 2.75) is 38.4 Å². The number of halogens is 1. The number of nitrogens with one attached hydrogen (secondary N) is 1. The Morgan fingerprint density at radius 2 is 2.21 bits per heavy atom. The maximum atomic E-state index is 5.26. The fourth-order valence-electron chi connectivity index (χ4n) is 2.15. The number of benzene rings is 1. The fourth-order valence-corrected chi connectivity index (χ4v) is 2.50. The first kappa shape index (κ1) is 14.8. The molecule has 1 fully saturated rings. The molecular formula is C15H23BrN2O. The van der Waals surface area contributed by atoms with E-state index >= 15 is 0 Å². The van der Waals surface area contributed by atoms with Crippen molar-refractivity contribution in [2.75, 3.05) is 25.7 Å². The Kier molecular flexibility index (Phi) is 5.25. The van der Waals surface area contributed by atoms with E-state index in [1.807, 2.05) is 0 Å². The van der Waals surface area contributed by atoms with Crippen molar-refractivity contribution in [3.63, 3.8) is 0 Å². The molecule has 1 saturated carbocycles. The standard InChI is InChI=1S/C15H23BrN2O/c1-11(10-19-3)18(2)15-8-13(16)5-4-12(15)9-17-14-6-7-14/h4-5,8,11,14,17H,6-7,9-10H2,1-3H3. The maximum absolute atomic E-state index is 5.26. The molecule has 0 radical (unpaired) electrons. The van der Waals surface area contributed by atoms with Gasteiger partial charge in [0.25, 0.3) is 0 Å². The fraction of sp³-hybridized carbons (Fsp3) is 0.600. The summed E-state index contributed by atoms with van der Waals surface area (Å²) in [7, 11) is 3.88. The van der Waals surface area contributed by atoms with Gasteiger partial charge in [0.1, 0.15) is 0 Å². The van der Waals surface area contributed by atoms with E-state index in [9.17, 15) is 0 Å². The Bertz CT molecular complexity index is 421. The van der Waals surface area contributed by atoms with Gasteiger partial charge in [-0.3, -0.25) is 0 Å². The topological polar surface area (TPSA) is 24.5 Å². The molecular weight excluding hydrogens is 304 g/mol. The van der Waals surface area contributed by atoms with Crippen LogP contribution in [0.1, 0.15) is 25.3 Å². The number of methoxy groups -OCH3 is 1. The van der Waals surface area contributed by atoms with E-state index in [1.54, 1.807) is 7.11 Å². The molecule has 1 N–H and O–H groups in total. The predicted molar refractivity (Wildman–Crippen MR) is 83.7 cm³/mol. The smallest absolute Gasteiger partial charge is 0.0663 e. The van der Waals surface area contributed by atoms with Crippen LogP contribution >= 0.6 is 15.9 Å². The van der Waals surface area contributed by atoms with Crippen molar-refractivity contribution in [3.8, 4) is 0 Å². The van der Waals surface area contributed by atoms with Crippen molar-refractivity contribution in [2.24, 2.45) is 0 Å². The highest BCUT2D eigenvalue weighted by Crippen LogP contribution is 2.27. The quantitative estimate of drug-likeness (QED) is 0.832. The summed E-state index contributed by atoms with van der Waals surface area (Å²) >= 11 is 3.57. The first-order valence-electron chi connectivity index (χ1n) is 6.85. The molecule has 3 nitrogen and oxygen atoms in total. The van der Waals surface area contributed by atoms with Gasteiger partial charge in [-0.2, -0.15) is 0 Å². The van der Waals surface area contributed by atoms with Crippen LogP contribution in [-0.4, -0.2) is 32.8 Å². The van der Waals surface area contributed by atoms with Gasteiger partial charge in [-0.15, -0.1) is 0 Å². The summed E-state index contributed by atoms with van der Waals surface area (Å²) < 4.78 is 6.38. The number of anilines is 1. The Morgan fingerprint density at radius 3 is 2.84 bits per heavy atom. The Balaban J connectivity index is 2.12. The molecule has 4 heteroatoms. The van der Waals surface area contributed by atoms with Gasteiger partial charge in [-0.1, -0.05) is 22.0 Å². The lowest BCUT2D eigenvalue weighted by molar-refractivity contribution is 0.183. The third-order valence-electron chi connectivity index (χ3n) is 3.65. The van der Waals surface area contributed by atoms with E-state index in [-0.39, 0.29) is 0 Å². The van der Waals surface area contributed by atoms with Crippen LogP contribution < -0.4 is 10.2 Å². The van der Waals surface area contributed by atoms with Gasteiger partial charge >= 0.3 is 0 Å².